The molecule has 1 aromatic carbocycles. The maximum absolute atomic E-state index is 11.4. The van der Waals surface area contributed by atoms with Crippen LogP contribution in [0.15, 0.2) is 18.2 Å². The van der Waals surface area contributed by atoms with Gasteiger partial charge in [0.15, 0.2) is 0 Å². The van der Waals surface area contributed by atoms with Crippen molar-refractivity contribution >= 4 is 5.97 Å². The molecule has 0 aliphatic heterocycles. The van der Waals surface area contributed by atoms with Gasteiger partial charge in [0.1, 0.15) is 0 Å². The largest absolute Gasteiger partial charge is 0.481 e. The highest BCUT2D eigenvalue weighted by Crippen LogP contribution is 2.41. The molecule has 19 heavy (non-hydrogen) atoms. The van der Waals surface area contributed by atoms with E-state index in [-0.39, 0.29) is 0 Å². The first-order chi connectivity index (χ1) is 8.93. The highest BCUT2D eigenvalue weighted by atomic mass is 16.4. The number of nitrogens with zero attached hydrogens (tertiary/aromatic N) is 1. The third-order valence-corrected chi connectivity index (χ3v) is 4.28. The van der Waals surface area contributed by atoms with Crippen LogP contribution < -0.4 is 0 Å². The number of hydrogen-bond acceptors (Lipinski definition) is 2. The molecule has 2 rings (SSSR count). The second-order valence-electron chi connectivity index (χ2n) is 6.04. The van der Waals surface area contributed by atoms with Crippen molar-refractivity contribution in [1.82, 2.24) is 4.90 Å². The number of aliphatic carboxylic acids is 1. The van der Waals surface area contributed by atoms with Crippen LogP contribution in [-0.4, -0.2) is 29.6 Å². The van der Waals surface area contributed by atoms with Gasteiger partial charge in [-0.25, -0.2) is 0 Å². The lowest BCUT2D eigenvalue weighted by Crippen LogP contribution is -2.46. The van der Waals surface area contributed by atoms with Crippen molar-refractivity contribution in [3.05, 3.63) is 34.9 Å². The maximum Gasteiger partial charge on any atom is 0.310 e. The molecule has 1 aliphatic rings. The van der Waals surface area contributed by atoms with Crippen molar-refractivity contribution in [2.75, 3.05) is 13.6 Å². The molecule has 0 amide bonds. The van der Waals surface area contributed by atoms with E-state index in [1.165, 1.54) is 16.7 Å². The summed E-state index contributed by atoms with van der Waals surface area (Å²) in [5, 5.41) is 9.37. The van der Waals surface area contributed by atoms with E-state index in [0.717, 1.165) is 25.8 Å². The molecule has 1 aliphatic carbocycles. The monoisotopic (exact) mass is 261 g/mol. The second kappa shape index (κ2) is 5.33. The van der Waals surface area contributed by atoms with Crippen LogP contribution in [0.25, 0.3) is 0 Å². The molecular formula is C16H23NO2. The maximum atomic E-state index is 11.4. The summed E-state index contributed by atoms with van der Waals surface area (Å²) in [5.41, 5.74) is 3.33. The Morgan fingerprint density at radius 3 is 2.58 bits per heavy atom. The summed E-state index contributed by atoms with van der Waals surface area (Å²) in [6, 6.07) is 6.44. The Morgan fingerprint density at radius 1 is 1.37 bits per heavy atom. The van der Waals surface area contributed by atoms with Gasteiger partial charge in [-0.05, 0) is 44.9 Å². The van der Waals surface area contributed by atoms with Crippen LogP contribution in [0, 0.1) is 19.3 Å². The number of carbonyl (C=O) groups is 1. The number of carboxylic acids is 1. The standard InChI is InChI=1S/C16H23NO2/c1-12-5-6-13(2)14(9-12)10-17(3)11-16(15(18)19)7-4-8-16/h5-6,9H,4,7-8,10-11H2,1-3H3,(H,18,19). The van der Waals surface area contributed by atoms with Gasteiger partial charge in [-0.2, -0.15) is 0 Å². The fraction of sp³-hybridized carbons (Fsp3) is 0.562. The fourth-order valence-corrected chi connectivity index (χ4v) is 2.88. The Bertz CT molecular complexity index is 478. The molecule has 1 saturated carbocycles. The van der Waals surface area contributed by atoms with E-state index in [9.17, 15) is 9.90 Å². The molecule has 3 nitrogen and oxygen atoms in total. The number of carboxylic acid groups (broad SMARTS) is 1. The van der Waals surface area contributed by atoms with Crippen LogP contribution in [0.4, 0.5) is 0 Å². The minimum Gasteiger partial charge on any atom is -0.481 e. The average molecular weight is 261 g/mol. The van der Waals surface area contributed by atoms with Gasteiger partial charge in [-0.1, -0.05) is 30.2 Å². The molecule has 1 N–H and O–H groups in total. The molecule has 1 aromatic rings. The Morgan fingerprint density at radius 2 is 2.05 bits per heavy atom. The smallest absolute Gasteiger partial charge is 0.310 e. The van der Waals surface area contributed by atoms with Gasteiger partial charge < -0.3 is 10.0 Å². The molecular weight excluding hydrogens is 238 g/mol. The molecule has 0 bridgehead atoms. The Kier molecular flexibility index (Phi) is 3.95. The molecule has 3 heteroatoms. The third kappa shape index (κ3) is 2.98. The van der Waals surface area contributed by atoms with E-state index in [1.807, 2.05) is 7.05 Å². The van der Waals surface area contributed by atoms with E-state index >= 15 is 0 Å². The summed E-state index contributed by atoms with van der Waals surface area (Å²) in [4.78, 5) is 13.5. The average Bonchev–Trinajstić information content (AvgIpc) is 2.28. The minimum atomic E-state index is -0.633. The lowest BCUT2D eigenvalue weighted by atomic mass is 9.68. The predicted molar refractivity (Wildman–Crippen MR) is 76.2 cm³/mol. The predicted octanol–water partition coefficient (Wildman–Crippen LogP) is 2.99. The van der Waals surface area contributed by atoms with Crippen LogP contribution in [-0.2, 0) is 11.3 Å². The summed E-state index contributed by atoms with van der Waals surface area (Å²) in [5.74, 6) is -0.633. The number of rotatable bonds is 5. The number of aryl methyl sites for hydroxylation is 2. The van der Waals surface area contributed by atoms with Crippen molar-refractivity contribution in [3.63, 3.8) is 0 Å². The molecule has 1 fully saturated rings. The van der Waals surface area contributed by atoms with E-state index in [4.69, 9.17) is 0 Å². The van der Waals surface area contributed by atoms with Crippen molar-refractivity contribution in [2.24, 2.45) is 5.41 Å². The van der Waals surface area contributed by atoms with Gasteiger partial charge in [0.05, 0.1) is 5.41 Å². The lowest BCUT2D eigenvalue weighted by Gasteiger charge is -2.40. The third-order valence-electron chi connectivity index (χ3n) is 4.28. The van der Waals surface area contributed by atoms with Crippen LogP contribution in [0.3, 0.4) is 0 Å². The fourth-order valence-electron chi connectivity index (χ4n) is 2.88. The summed E-state index contributed by atoms with van der Waals surface area (Å²) < 4.78 is 0. The summed E-state index contributed by atoms with van der Waals surface area (Å²) in [7, 11) is 2.02. The highest BCUT2D eigenvalue weighted by molar-refractivity contribution is 5.76. The van der Waals surface area contributed by atoms with Gasteiger partial charge in [-0.3, -0.25) is 4.79 Å². The Balaban J connectivity index is 2.03. The normalized spacial score (nSPS) is 17.3. The summed E-state index contributed by atoms with van der Waals surface area (Å²) in [6.07, 6.45) is 2.68. The van der Waals surface area contributed by atoms with Crippen LogP contribution >= 0.6 is 0 Å². The molecule has 0 atom stereocenters. The van der Waals surface area contributed by atoms with E-state index in [1.54, 1.807) is 0 Å². The van der Waals surface area contributed by atoms with Gasteiger partial charge in [0.2, 0.25) is 0 Å². The molecule has 0 radical (unpaired) electrons. The van der Waals surface area contributed by atoms with Gasteiger partial charge in [0, 0.05) is 13.1 Å². The van der Waals surface area contributed by atoms with Gasteiger partial charge in [0.25, 0.3) is 0 Å². The molecule has 0 saturated heterocycles. The van der Waals surface area contributed by atoms with Crippen molar-refractivity contribution in [1.29, 1.82) is 0 Å². The minimum absolute atomic E-state index is 0.494. The zero-order chi connectivity index (χ0) is 14.0. The SMILES string of the molecule is Cc1ccc(C)c(CN(C)CC2(C(=O)O)CCC2)c1. The summed E-state index contributed by atoms with van der Waals surface area (Å²) in [6.45, 7) is 5.67. The first-order valence-corrected chi connectivity index (χ1v) is 6.91. The van der Waals surface area contributed by atoms with Crippen LogP contribution in [0.2, 0.25) is 0 Å². The molecule has 0 unspecified atom stereocenters. The quantitative estimate of drug-likeness (QED) is 0.885. The second-order valence-corrected chi connectivity index (χ2v) is 6.04. The van der Waals surface area contributed by atoms with E-state index < -0.39 is 11.4 Å². The van der Waals surface area contributed by atoms with Crippen molar-refractivity contribution in [2.45, 2.75) is 39.7 Å². The molecule has 0 heterocycles. The molecule has 104 valence electrons. The first kappa shape index (κ1) is 14.1. The van der Waals surface area contributed by atoms with Gasteiger partial charge >= 0.3 is 5.97 Å². The molecule has 0 aromatic heterocycles. The van der Waals surface area contributed by atoms with Crippen molar-refractivity contribution < 1.29 is 9.90 Å². The molecule has 0 spiro atoms. The van der Waals surface area contributed by atoms with Gasteiger partial charge in [-0.15, -0.1) is 0 Å². The Hall–Kier alpha value is -1.35. The van der Waals surface area contributed by atoms with E-state index in [0.29, 0.717) is 6.54 Å². The zero-order valence-electron chi connectivity index (χ0n) is 12.1. The number of hydrogen-bond donors (Lipinski definition) is 1. The van der Waals surface area contributed by atoms with E-state index in [2.05, 4.69) is 36.9 Å². The zero-order valence-corrected chi connectivity index (χ0v) is 12.1. The highest BCUT2D eigenvalue weighted by Gasteiger charge is 2.44. The lowest BCUT2D eigenvalue weighted by molar-refractivity contribution is -0.156. The Labute approximate surface area is 115 Å². The number of benzene rings is 1. The first-order valence-electron chi connectivity index (χ1n) is 6.91. The van der Waals surface area contributed by atoms with Crippen LogP contribution in [0.5, 0.6) is 0 Å². The van der Waals surface area contributed by atoms with Crippen molar-refractivity contribution in [3.8, 4) is 0 Å². The summed E-state index contributed by atoms with van der Waals surface area (Å²) >= 11 is 0. The topological polar surface area (TPSA) is 40.5 Å². The van der Waals surface area contributed by atoms with Crippen LogP contribution in [0.1, 0.15) is 36.0 Å².